The lowest BCUT2D eigenvalue weighted by molar-refractivity contribution is -0.117. The summed E-state index contributed by atoms with van der Waals surface area (Å²) in [5.41, 5.74) is -0.726. The normalized spacial score (nSPS) is 11.5. The number of H-pyrrole nitrogens is 1. The molecule has 1 aromatic heterocycles. The van der Waals surface area contributed by atoms with E-state index < -0.39 is 33.6 Å². The minimum absolute atomic E-state index is 0.0210. The summed E-state index contributed by atoms with van der Waals surface area (Å²) in [4.78, 5) is 37.1. The molecule has 3 N–H and O–H groups in total. The third kappa shape index (κ3) is 4.84. The summed E-state index contributed by atoms with van der Waals surface area (Å²) >= 11 is 0. The minimum atomic E-state index is -3.69. The second-order valence-corrected chi connectivity index (χ2v) is 8.47. The Morgan fingerprint density at radius 1 is 1.07 bits per heavy atom. The molecule has 0 saturated heterocycles. The number of sulfonamides is 1. The van der Waals surface area contributed by atoms with Crippen LogP contribution in [0.4, 0.5) is 5.69 Å². The molecule has 10 heteroatoms. The molecule has 3 rings (SSSR count). The van der Waals surface area contributed by atoms with Gasteiger partial charge in [-0.15, -0.1) is 0 Å². The number of amides is 1. The predicted molar refractivity (Wildman–Crippen MR) is 114 cm³/mol. The van der Waals surface area contributed by atoms with Gasteiger partial charge in [0, 0.05) is 12.2 Å². The molecule has 0 unspecified atom stereocenters. The number of hydrogen-bond acceptors (Lipinski definition) is 5. The van der Waals surface area contributed by atoms with Crippen molar-refractivity contribution >= 4 is 32.4 Å². The maximum Gasteiger partial charge on any atom is 0.273 e. The van der Waals surface area contributed by atoms with Crippen molar-refractivity contribution in [2.24, 2.45) is 0 Å². The van der Waals surface area contributed by atoms with Crippen LogP contribution in [-0.4, -0.2) is 30.7 Å². The highest BCUT2D eigenvalue weighted by molar-refractivity contribution is 7.89. The Balaban J connectivity index is 1.78. The van der Waals surface area contributed by atoms with Gasteiger partial charge in [-0.1, -0.05) is 31.5 Å². The molecule has 2 aromatic carbocycles. The molecular weight excluding hydrogens is 408 g/mol. The second-order valence-electron chi connectivity index (χ2n) is 6.71. The van der Waals surface area contributed by atoms with E-state index >= 15 is 0 Å². The average Bonchev–Trinajstić information content (AvgIpc) is 2.72. The van der Waals surface area contributed by atoms with Gasteiger partial charge in [0.25, 0.3) is 11.1 Å². The highest BCUT2D eigenvalue weighted by Gasteiger charge is 2.15. The van der Waals surface area contributed by atoms with E-state index in [1.165, 1.54) is 36.4 Å². The van der Waals surface area contributed by atoms with Crippen LogP contribution >= 0.6 is 0 Å². The van der Waals surface area contributed by atoms with Crippen LogP contribution in [-0.2, 0) is 21.4 Å². The van der Waals surface area contributed by atoms with E-state index in [2.05, 4.69) is 15.1 Å². The Morgan fingerprint density at radius 2 is 1.80 bits per heavy atom. The monoisotopic (exact) mass is 430 g/mol. The van der Waals surface area contributed by atoms with Gasteiger partial charge in [0.2, 0.25) is 15.9 Å². The summed E-state index contributed by atoms with van der Waals surface area (Å²) in [6, 6.07) is 12.1. The first-order valence-electron chi connectivity index (χ1n) is 9.43. The van der Waals surface area contributed by atoms with Crippen LogP contribution in [0.3, 0.4) is 0 Å². The molecule has 0 aliphatic carbocycles. The number of hydrogen-bond donors (Lipinski definition) is 3. The first-order chi connectivity index (χ1) is 14.3. The lowest BCUT2D eigenvalue weighted by Crippen LogP contribution is -2.34. The van der Waals surface area contributed by atoms with Gasteiger partial charge in [-0.3, -0.25) is 19.5 Å². The van der Waals surface area contributed by atoms with E-state index in [1.807, 2.05) is 6.92 Å². The van der Waals surface area contributed by atoms with Crippen LogP contribution in [0.2, 0.25) is 0 Å². The van der Waals surface area contributed by atoms with Gasteiger partial charge in [-0.25, -0.2) is 17.8 Å². The Hall–Kier alpha value is -3.24. The lowest BCUT2D eigenvalue weighted by Gasteiger charge is -2.10. The van der Waals surface area contributed by atoms with Crippen molar-refractivity contribution in [3.8, 4) is 0 Å². The van der Waals surface area contributed by atoms with Crippen molar-refractivity contribution < 1.29 is 13.2 Å². The Bertz CT molecular complexity index is 1290. The molecule has 0 saturated carbocycles. The SMILES string of the molecule is CCCCNS(=O)(=O)c1cccc(NC(=O)Cn2[nH]c(=O)c3ccccc3c2=O)c1. The molecule has 0 aliphatic rings. The molecule has 1 heterocycles. The molecule has 30 heavy (non-hydrogen) atoms. The van der Waals surface area contributed by atoms with Crippen LogP contribution in [0.25, 0.3) is 10.8 Å². The first kappa shape index (κ1) is 21.5. The number of nitrogens with zero attached hydrogens (tertiary/aromatic N) is 1. The fourth-order valence-electron chi connectivity index (χ4n) is 2.91. The van der Waals surface area contributed by atoms with Crippen molar-refractivity contribution in [1.29, 1.82) is 0 Å². The van der Waals surface area contributed by atoms with Gasteiger partial charge in [0.15, 0.2) is 0 Å². The highest BCUT2D eigenvalue weighted by Crippen LogP contribution is 2.15. The summed E-state index contributed by atoms with van der Waals surface area (Å²) in [5, 5.41) is 5.39. The number of nitrogens with one attached hydrogen (secondary N) is 3. The van der Waals surface area contributed by atoms with E-state index in [-0.39, 0.29) is 21.4 Å². The first-order valence-corrected chi connectivity index (χ1v) is 10.9. The summed E-state index contributed by atoms with van der Waals surface area (Å²) < 4.78 is 28.1. The van der Waals surface area contributed by atoms with Crippen LogP contribution in [0.1, 0.15) is 19.8 Å². The standard InChI is InChI=1S/C20H22N4O5S/c1-2-3-11-21-30(28,29)15-8-6-7-14(12-15)22-18(25)13-24-20(27)17-10-5-4-9-16(17)19(26)23-24/h4-10,12,21H,2-3,11,13H2,1H3,(H,22,25)(H,23,26). The third-order valence-electron chi connectivity index (χ3n) is 4.44. The number of aromatic amines is 1. The number of aromatic nitrogens is 2. The quantitative estimate of drug-likeness (QED) is 0.465. The maximum absolute atomic E-state index is 12.5. The third-order valence-corrected chi connectivity index (χ3v) is 5.89. The molecule has 3 aromatic rings. The van der Waals surface area contributed by atoms with Crippen molar-refractivity contribution in [3.05, 3.63) is 69.2 Å². The maximum atomic E-state index is 12.5. The zero-order valence-electron chi connectivity index (χ0n) is 16.3. The van der Waals surface area contributed by atoms with E-state index in [0.29, 0.717) is 13.0 Å². The minimum Gasteiger partial charge on any atom is -0.324 e. The molecule has 0 radical (unpaired) electrons. The number of unbranched alkanes of at least 4 members (excludes halogenated alkanes) is 1. The van der Waals surface area contributed by atoms with Crippen molar-refractivity contribution in [2.75, 3.05) is 11.9 Å². The van der Waals surface area contributed by atoms with E-state index in [1.54, 1.807) is 12.1 Å². The van der Waals surface area contributed by atoms with Gasteiger partial charge in [0.1, 0.15) is 6.54 Å². The van der Waals surface area contributed by atoms with Crippen LogP contribution in [0.15, 0.2) is 63.0 Å². The number of carbonyl (C=O) groups is 1. The van der Waals surface area contributed by atoms with Gasteiger partial charge < -0.3 is 5.32 Å². The molecule has 0 spiro atoms. The molecule has 0 bridgehead atoms. The molecule has 1 amide bonds. The van der Waals surface area contributed by atoms with Crippen LogP contribution in [0, 0.1) is 0 Å². The van der Waals surface area contributed by atoms with Crippen LogP contribution in [0.5, 0.6) is 0 Å². The smallest absolute Gasteiger partial charge is 0.273 e. The molecular formula is C20H22N4O5S. The number of fused-ring (bicyclic) bond motifs is 1. The number of rotatable bonds is 8. The van der Waals surface area contributed by atoms with Crippen molar-refractivity contribution in [1.82, 2.24) is 14.5 Å². The highest BCUT2D eigenvalue weighted by atomic mass is 32.2. The average molecular weight is 430 g/mol. The van der Waals surface area contributed by atoms with Gasteiger partial charge in [-0.05, 0) is 36.8 Å². The van der Waals surface area contributed by atoms with Gasteiger partial charge in [0.05, 0.1) is 15.7 Å². The molecule has 0 aliphatic heterocycles. The van der Waals surface area contributed by atoms with Crippen molar-refractivity contribution in [2.45, 2.75) is 31.2 Å². The Morgan fingerprint density at radius 3 is 2.53 bits per heavy atom. The zero-order valence-corrected chi connectivity index (χ0v) is 17.2. The summed E-state index contributed by atoms with van der Waals surface area (Å²) in [5.74, 6) is -0.587. The largest absolute Gasteiger partial charge is 0.324 e. The summed E-state index contributed by atoms with van der Waals surface area (Å²) in [7, 11) is -3.69. The molecule has 158 valence electrons. The topological polar surface area (TPSA) is 130 Å². The number of carbonyl (C=O) groups excluding carboxylic acids is 1. The van der Waals surface area contributed by atoms with E-state index in [0.717, 1.165) is 11.1 Å². The lowest BCUT2D eigenvalue weighted by atomic mass is 10.2. The molecule has 0 atom stereocenters. The predicted octanol–water partition coefficient (Wildman–Crippen LogP) is 1.41. The van der Waals surface area contributed by atoms with E-state index in [4.69, 9.17) is 0 Å². The second kappa shape index (κ2) is 9.06. The summed E-state index contributed by atoms with van der Waals surface area (Å²) in [6.07, 6.45) is 1.57. The fourth-order valence-corrected chi connectivity index (χ4v) is 4.03. The molecule has 0 fully saturated rings. The summed E-state index contributed by atoms with van der Waals surface area (Å²) in [6.45, 7) is 1.86. The van der Waals surface area contributed by atoms with Crippen LogP contribution < -0.4 is 21.2 Å². The Labute approximate surface area is 172 Å². The number of anilines is 1. The van der Waals surface area contributed by atoms with E-state index in [9.17, 15) is 22.8 Å². The van der Waals surface area contributed by atoms with Gasteiger partial charge >= 0.3 is 0 Å². The fraction of sp³-hybridized carbons (Fsp3) is 0.250. The molecule has 9 nitrogen and oxygen atoms in total. The zero-order chi connectivity index (χ0) is 21.7. The Kier molecular flexibility index (Phi) is 6.48. The van der Waals surface area contributed by atoms with Gasteiger partial charge in [-0.2, -0.15) is 0 Å². The number of benzene rings is 2. The van der Waals surface area contributed by atoms with Crippen molar-refractivity contribution in [3.63, 3.8) is 0 Å².